The zero-order valence-electron chi connectivity index (χ0n) is 9.64. The Balaban J connectivity index is 2.47. The Labute approximate surface area is 94.6 Å². The molecule has 1 saturated carbocycles. The van der Waals surface area contributed by atoms with Gasteiger partial charge in [-0.25, -0.2) is 9.86 Å². The van der Waals surface area contributed by atoms with Crippen molar-refractivity contribution in [2.24, 2.45) is 17.6 Å². The summed E-state index contributed by atoms with van der Waals surface area (Å²) in [6.07, 6.45) is 2.14. The first-order valence-corrected chi connectivity index (χ1v) is 5.28. The monoisotopic (exact) mass is 230 g/mol. The van der Waals surface area contributed by atoms with Gasteiger partial charge < -0.3 is 10.5 Å². The number of hydroxylamine groups is 2. The molecule has 0 saturated heterocycles. The van der Waals surface area contributed by atoms with Crippen LogP contribution in [0.3, 0.4) is 0 Å². The van der Waals surface area contributed by atoms with E-state index in [0.717, 1.165) is 24.3 Å². The first kappa shape index (κ1) is 12.8. The van der Waals surface area contributed by atoms with E-state index in [1.165, 1.54) is 14.2 Å². The van der Waals surface area contributed by atoms with Crippen molar-refractivity contribution in [2.45, 2.75) is 19.3 Å². The van der Waals surface area contributed by atoms with Crippen molar-refractivity contribution >= 4 is 12.0 Å². The number of rotatable bonds is 6. The molecule has 1 rings (SSSR count). The van der Waals surface area contributed by atoms with Gasteiger partial charge in [0.05, 0.1) is 13.0 Å². The third kappa shape index (κ3) is 4.06. The molecule has 0 radical (unpaired) electrons. The predicted octanol–water partition coefficient (Wildman–Crippen LogP) is 0.518. The molecule has 6 heteroatoms. The van der Waals surface area contributed by atoms with Crippen molar-refractivity contribution in [3.63, 3.8) is 0 Å². The Hall–Kier alpha value is -1.30. The molecule has 1 aliphatic carbocycles. The van der Waals surface area contributed by atoms with E-state index in [1.807, 2.05) is 0 Å². The molecule has 0 spiro atoms. The summed E-state index contributed by atoms with van der Waals surface area (Å²) in [5.41, 5.74) is 4.88. The van der Waals surface area contributed by atoms with Crippen LogP contribution in [-0.2, 0) is 14.4 Å². The van der Waals surface area contributed by atoms with E-state index in [-0.39, 0.29) is 18.4 Å². The standard InChI is InChI=1S/C10H18N2O4/c1-12(15-2)9(13)8(5-7-3-4-7)6-16-10(11)14/h7-8H,3-6H2,1-2H3,(H2,11,14)/t8-/m0/s1. The molecular formula is C10H18N2O4. The molecule has 0 unspecified atom stereocenters. The van der Waals surface area contributed by atoms with E-state index < -0.39 is 6.09 Å². The lowest BCUT2D eigenvalue weighted by Gasteiger charge is -2.21. The molecule has 0 aromatic carbocycles. The third-order valence-corrected chi connectivity index (χ3v) is 2.68. The molecule has 2 amide bonds. The lowest BCUT2D eigenvalue weighted by Crippen LogP contribution is -2.35. The van der Waals surface area contributed by atoms with Crippen molar-refractivity contribution in [3.8, 4) is 0 Å². The number of amides is 2. The van der Waals surface area contributed by atoms with Crippen LogP contribution in [0.25, 0.3) is 0 Å². The van der Waals surface area contributed by atoms with Crippen LogP contribution in [0.5, 0.6) is 0 Å². The minimum Gasteiger partial charge on any atom is -0.449 e. The van der Waals surface area contributed by atoms with E-state index in [0.29, 0.717) is 5.92 Å². The number of carbonyl (C=O) groups is 2. The first-order chi connectivity index (χ1) is 7.54. The van der Waals surface area contributed by atoms with Crippen LogP contribution < -0.4 is 5.73 Å². The maximum atomic E-state index is 11.8. The average Bonchev–Trinajstić information content (AvgIpc) is 3.05. The maximum Gasteiger partial charge on any atom is 0.404 e. The van der Waals surface area contributed by atoms with Crippen LogP contribution in [-0.4, -0.2) is 37.8 Å². The summed E-state index contributed by atoms with van der Waals surface area (Å²) in [5.74, 6) is 0.0243. The molecule has 2 N–H and O–H groups in total. The normalized spacial score (nSPS) is 16.6. The molecular weight excluding hydrogens is 212 g/mol. The minimum absolute atomic E-state index is 0.0262. The van der Waals surface area contributed by atoms with E-state index in [4.69, 9.17) is 10.6 Å². The molecule has 0 bridgehead atoms. The fraction of sp³-hybridized carbons (Fsp3) is 0.800. The third-order valence-electron chi connectivity index (χ3n) is 2.68. The summed E-state index contributed by atoms with van der Waals surface area (Å²) in [5, 5.41) is 1.15. The Bertz CT molecular complexity index is 266. The largest absolute Gasteiger partial charge is 0.449 e. The summed E-state index contributed by atoms with van der Waals surface area (Å²) < 4.78 is 4.68. The van der Waals surface area contributed by atoms with Gasteiger partial charge in [-0.15, -0.1) is 0 Å². The van der Waals surface area contributed by atoms with Gasteiger partial charge in [-0.1, -0.05) is 12.8 Å². The number of nitrogens with zero attached hydrogens (tertiary/aromatic N) is 1. The molecule has 1 atom stereocenters. The average molecular weight is 230 g/mol. The maximum absolute atomic E-state index is 11.8. The second-order valence-electron chi connectivity index (χ2n) is 4.02. The molecule has 6 nitrogen and oxygen atoms in total. The van der Waals surface area contributed by atoms with Crippen LogP contribution >= 0.6 is 0 Å². The minimum atomic E-state index is -0.853. The van der Waals surface area contributed by atoms with Gasteiger partial charge in [0.1, 0.15) is 6.61 Å². The van der Waals surface area contributed by atoms with Gasteiger partial charge in [0.2, 0.25) is 0 Å². The van der Waals surface area contributed by atoms with Crippen LogP contribution in [0, 0.1) is 11.8 Å². The summed E-state index contributed by atoms with van der Waals surface area (Å²) in [7, 11) is 2.95. The van der Waals surface area contributed by atoms with Crippen LogP contribution in [0.4, 0.5) is 4.79 Å². The zero-order valence-corrected chi connectivity index (χ0v) is 9.64. The number of primary amides is 1. The number of nitrogens with two attached hydrogens (primary N) is 1. The van der Waals surface area contributed by atoms with Gasteiger partial charge in [-0.05, 0) is 12.3 Å². The number of hydrogen-bond donors (Lipinski definition) is 1. The smallest absolute Gasteiger partial charge is 0.404 e. The SMILES string of the molecule is CON(C)C(=O)[C@H](COC(N)=O)CC1CC1. The molecule has 0 aromatic heterocycles. The van der Waals surface area contributed by atoms with Crippen LogP contribution in [0.1, 0.15) is 19.3 Å². The topological polar surface area (TPSA) is 81.9 Å². The Morgan fingerprint density at radius 3 is 2.56 bits per heavy atom. The molecule has 0 heterocycles. The molecule has 92 valence electrons. The fourth-order valence-electron chi connectivity index (χ4n) is 1.53. The van der Waals surface area contributed by atoms with Crippen molar-refractivity contribution in [3.05, 3.63) is 0 Å². The zero-order chi connectivity index (χ0) is 12.1. The Morgan fingerprint density at radius 2 is 2.12 bits per heavy atom. The first-order valence-electron chi connectivity index (χ1n) is 5.28. The quantitative estimate of drug-likeness (QED) is 0.674. The van der Waals surface area contributed by atoms with Crippen LogP contribution in [0.2, 0.25) is 0 Å². The number of ether oxygens (including phenoxy) is 1. The fourth-order valence-corrected chi connectivity index (χ4v) is 1.53. The van der Waals surface area contributed by atoms with Crippen molar-refractivity contribution in [1.29, 1.82) is 0 Å². The van der Waals surface area contributed by atoms with Gasteiger partial charge in [0, 0.05) is 7.05 Å². The van der Waals surface area contributed by atoms with Crippen molar-refractivity contribution in [1.82, 2.24) is 5.06 Å². The molecule has 0 aromatic rings. The van der Waals surface area contributed by atoms with E-state index in [9.17, 15) is 9.59 Å². The number of hydrogen-bond acceptors (Lipinski definition) is 4. The molecule has 1 fully saturated rings. The van der Waals surface area contributed by atoms with Crippen molar-refractivity contribution in [2.75, 3.05) is 20.8 Å². The van der Waals surface area contributed by atoms with Crippen LogP contribution in [0.15, 0.2) is 0 Å². The van der Waals surface area contributed by atoms with Gasteiger partial charge in [0.15, 0.2) is 0 Å². The van der Waals surface area contributed by atoms with Gasteiger partial charge >= 0.3 is 6.09 Å². The highest BCUT2D eigenvalue weighted by Gasteiger charge is 2.31. The highest BCUT2D eigenvalue weighted by Crippen LogP contribution is 2.35. The summed E-state index contributed by atoms with van der Waals surface area (Å²) >= 11 is 0. The van der Waals surface area contributed by atoms with E-state index >= 15 is 0 Å². The van der Waals surface area contributed by atoms with Gasteiger partial charge in [-0.3, -0.25) is 9.63 Å². The Morgan fingerprint density at radius 1 is 1.50 bits per heavy atom. The second-order valence-corrected chi connectivity index (χ2v) is 4.02. The van der Waals surface area contributed by atoms with Gasteiger partial charge in [-0.2, -0.15) is 0 Å². The molecule has 0 aliphatic heterocycles. The summed E-state index contributed by atoms with van der Waals surface area (Å²) in [6, 6.07) is 0. The highest BCUT2D eigenvalue weighted by atomic mass is 16.7. The van der Waals surface area contributed by atoms with E-state index in [2.05, 4.69) is 4.74 Å². The second kappa shape index (κ2) is 5.69. The summed E-state index contributed by atoms with van der Waals surface area (Å²) in [4.78, 5) is 27.1. The lowest BCUT2D eigenvalue weighted by molar-refractivity contribution is -0.175. The highest BCUT2D eigenvalue weighted by molar-refractivity contribution is 5.78. The Kier molecular flexibility index (Phi) is 4.54. The van der Waals surface area contributed by atoms with Crippen molar-refractivity contribution < 1.29 is 19.2 Å². The summed E-state index contributed by atoms with van der Waals surface area (Å²) in [6.45, 7) is 0.0262. The molecule has 16 heavy (non-hydrogen) atoms. The lowest BCUT2D eigenvalue weighted by atomic mass is 10.0. The predicted molar refractivity (Wildman–Crippen MR) is 56.1 cm³/mol. The number of carbonyl (C=O) groups excluding carboxylic acids is 2. The van der Waals surface area contributed by atoms with E-state index in [1.54, 1.807) is 0 Å². The van der Waals surface area contributed by atoms with Gasteiger partial charge in [0.25, 0.3) is 5.91 Å². The molecule has 1 aliphatic rings.